The topological polar surface area (TPSA) is 79.8 Å². The summed E-state index contributed by atoms with van der Waals surface area (Å²) in [5.74, 6) is -0.259. The molecule has 1 unspecified atom stereocenters. The van der Waals surface area contributed by atoms with Crippen LogP contribution < -0.4 is 4.90 Å². The van der Waals surface area contributed by atoms with E-state index in [0.29, 0.717) is 49.2 Å². The Bertz CT molecular complexity index is 1330. The average molecular weight is 548 g/mol. The molecule has 192 valence electrons. The number of halogens is 1. The van der Waals surface area contributed by atoms with Crippen LogP contribution in [-0.4, -0.2) is 56.0 Å². The standard InChI is InChI=1S/C26H30ClN3O4S2/c1-2-18-5-10-23-24(16-18)35-26(28-23)30(17-21-4-3-15-34-21)25(31)19-11-13-29(14-12-19)36(32,33)22-8-6-20(27)7-9-22/h5-10,16,19,21H,2-4,11-15,17H2,1H3. The Labute approximate surface area is 221 Å². The Kier molecular flexibility index (Phi) is 7.65. The van der Waals surface area contributed by atoms with Crippen LogP contribution in [0.4, 0.5) is 5.13 Å². The minimum Gasteiger partial charge on any atom is -0.376 e. The second-order valence-corrected chi connectivity index (χ2v) is 12.8. The van der Waals surface area contributed by atoms with Gasteiger partial charge in [-0.1, -0.05) is 35.9 Å². The number of carbonyl (C=O) groups excluding carboxylic acids is 1. The summed E-state index contributed by atoms with van der Waals surface area (Å²) in [6.07, 6.45) is 3.80. The minimum absolute atomic E-state index is 0.00228. The molecule has 0 N–H and O–H groups in total. The normalized spacial score (nSPS) is 19.7. The monoisotopic (exact) mass is 547 g/mol. The van der Waals surface area contributed by atoms with E-state index in [0.717, 1.165) is 29.5 Å². The Hall–Kier alpha value is -2.04. The molecule has 2 fully saturated rings. The first kappa shape index (κ1) is 25.6. The number of aryl methyl sites for hydroxylation is 1. The van der Waals surface area contributed by atoms with Crippen molar-refractivity contribution in [3.63, 3.8) is 0 Å². The van der Waals surface area contributed by atoms with Gasteiger partial charge in [0, 0.05) is 30.6 Å². The Morgan fingerprint density at radius 2 is 1.92 bits per heavy atom. The number of hydrogen-bond donors (Lipinski definition) is 0. The molecule has 36 heavy (non-hydrogen) atoms. The van der Waals surface area contributed by atoms with Gasteiger partial charge in [0.1, 0.15) is 0 Å². The first-order valence-corrected chi connectivity index (χ1v) is 15.1. The molecular weight excluding hydrogens is 518 g/mol. The van der Waals surface area contributed by atoms with Crippen LogP contribution in [0.25, 0.3) is 10.2 Å². The first-order valence-electron chi connectivity index (χ1n) is 12.4. The number of ether oxygens (including phenoxy) is 1. The van der Waals surface area contributed by atoms with Gasteiger partial charge in [-0.15, -0.1) is 0 Å². The van der Waals surface area contributed by atoms with E-state index >= 15 is 0 Å². The molecule has 2 aromatic carbocycles. The molecule has 1 amide bonds. The van der Waals surface area contributed by atoms with Crippen molar-refractivity contribution >= 4 is 54.2 Å². The quantitative estimate of drug-likeness (QED) is 0.410. The maximum Gasteiger partial charge on any atom is 0.243 e. The van der Waals surface area contributed by atoms with E-state index in [2.05, 4.69) is 19.1 Å². The van der Waals surface area contributed by atoms with Crippen molar-refractivity contribution in [3.05, 3.63) is 53.1 Å². The second kappa shape index (κ2) is 10.8. The number of hydrogen-bond acceptors (Lipinski definition) is 6. The van der Waals surface area contributed by atoms with E-state index in [1.807, 2.05) is 6.07 Å². The highest BCUT2D eigenvalue weighted by Gasteiger charge is 2.36. The van der Waals surface area contributed by atoms with Crippen molar-refractivity contribution in [3.8, 4) is 0 Å². The molecule has 0 bridgehead atoms. The van der Waals surface area contributed by atoms with E-state index < -0.39 is 10.0 Å². The molecule has 0 saturated carbocycles. The molecule has 5 rings (SSSR count). The number of anilines is 1. The highest BCUT2D eigenvalue weighted by molar-refractivity contribution is 7.89. The van der Waals surface area contributed by atoms with Gasteiger partial charge in [-0.05, 0) is 74.1 Å². The van der Waals surface area contributed by atoms with Gasteiger partial charge in [0.05, 0.1) is 27.8 Å². The molecule has 2 saturated heterocycles. The van der Waals surface area contributed by atoms with Gasteiger partial charge in [0.25, 0.3) is 0 Å². The summed E-state index contributed by atoms with van der Waals surface area (Å²) in [5, 5.41) is 1.18. The third-order valence-corrected chi connectivity index (χ3v) is 10.2. The van der Waals surface area contributed by atoms with Gasteiger partial charge in [0.2, 0.25) is 15.9 Å². The van der Waals surface area contributed by atoms with Crippen molar-refractivity contribution < 1.29 is 17.9 Å². The zero-order chi connectivity index (χ0) is 25.3. The minimum atomic E-state index is -3.62. The molecule has 2 aliphatic rings. The largest absolute Gasteiger partial charge is 0.376 e. The number of fused-ring (bicyclic) bond motifs is 1. The fourth-order valence-corrected chi connectivity index (χ4v) is 7.51. The van der Waals surface area contributed by atoms with Crippen LogP contribution in [0.2, 0.25) is 5.02 Å². The van der Waals surface area contributed by atoms with E-state index in [1.165, 1.54) is 33.3 Å². The number of rotatable bonds is 7. The molecule has 1 atom stereocenters. The van der Waals surface area contributed by atoms with Crippen molar-refractivity contribution in [1.82, 2.24) is 9.29 Å². The smallest absolute Gasteiger partial charge is 0.243 e. The number of aromatic nitrogens is 1. The number of benzene rings is 2. The Balaban J connectivity index is 1.34. The van der Waals surface area contributed by atoms with Crippen LogP contribution >= 0.6 is 22.9 Å². The molecule has 3 aromatic rings. The lowest BCUT2D eigenvalue weighted by Crippen LogP contribution is -2.46. The van der Waals surface area contributed by atoms with Gasteiger partial charge in [0.15, 0.2) is 5.13 Å². The lowest BCUT2D eigenvalue weighted by atomic mass is 9.96. The molecular formula is C26H30ClN3O4S2. The van der Waals surface area contributed by atoms with Crippen LogP contribution in [0.5, 0.6) is 0 Å². The lowest BCUT2D eigenvalue weighted by molar-refractivity contribution is -0.123. The summed E-state index contributed by atoms with van der Waals surface area (Å²) in [6.45, 7) is 3.91. The summed E-state index contributed by atoms with van der Waals surface area (Å²) < 4.78 is 34.5. The predicted molar refractivity (Wildman–Crippen MR) is 143 cm³/mol. The molecule has 0 radical (unpaired) electrons. The lowest BCUT2D eigenvalue weighted by Gasteiger charge is -2.33. The van der Waals surface area contributed by atoms with Crippen molar-refractivity contribution in [1.29, 1.82) is 0 Å². The van der Waals surface area contributed by atoms with Gasteiger partial charge in [-0.2, -0.15) is 4.31 Å². The van der Waals surface area contributed by atoms with Crippen molar-refractivity contribution in [2.24, 2.45) is 5.92 Å². The maximum absolute atomic E-state index is 13.8. The average Bonchev–Trinajstić information content (AvgIpc) is 3.56. The van der Waals surface area contributed by atoms with Gasteiger partial charge >= 0.3 is 0 Å². The second-order valence-electron chi connectivity index (χ2n) is 9.37. The predicted octanol–water partition coefficient (Wildman–Crippen LogP) is 5.13. The van der Waals surface area contributed by atoms with Gasteiger partial charge in [-0.25, -0.2) is 13.4 Å². The van der Waals surface area contributed by atoms with Crippen LogP contribution in [-0.2, 0) is 26.0 Å². The summed E-state index contributed by atoms with van der Waals surface area (Å²) in [4.78, 5) is 20.6. The number of carbonyl (C=O) groups is 1. The maximum atomic E-state index is 13.8. The highest BCUT2D eigenvalue weighted by atomic mass is 35.5. The zero-order valence-corrected chi connectivity index (χ0v) is 22.6. The molecule has 1 aromatic heterocycles. The number of piperidine rings is 1. The van der Waals surface area contributed by atoms with Crippen LogP contribution in [0.15, 0.2) is 47.4 Å². The van der Waals surface area contributed by atoms with E-state index in [-0.39, 0.29) is 22.8 Å². The fraction of sp³-hybridized carbons (Fsp3) is 0.462. The third kappa shape index (κ3) is 5.31. The highest BCUT2D eigenvalue weighted by Crippen LogP contribution is 2.33. The van der Waals surface area contributed by atoms with Gasteiger partial charge < -0.3 is 4.74 Å². The van der Waals surface area contributed by atoms with E-state index in [4.69, 9.17) is 21.3 Å². The first-order chi connectivity index (χ1) is 17.3. The molecule has 0 spiro atoms. The summed E-state index contributed by atoms with van der Waals surface area (Å²) in [7, 11) is -3.62. The number of thiazole rings is 1. The van der Waals surface area contributed by atoms with E-state index in [9.17, 15) is 13.2 Å². The number of nitrogens with zero attached hydrogens (tertiary/aromatic N) is 3. The Morgan fingerprint density at radius 1 is 1.17 bits per heavy atom. The third-order valence-electron chi connectivity index (χ3n) is 7.01. The molecule has 3 heterocycles. The van der Waals surface area contributed by atoms with E-state index in [1.54, 1.807) is 17.0 Å². The van der Waals surface area contributed by atoms with Gasteiger partial charge in [-0.3, -0.25) is 9.69 Å². The summed E-state index contributed by atoms with van der Waals surface area (Å²) in [6, 6.07) is 12.4. The zero-order valence-electron chi connectivity index (χ0n) is 20.2. The number of amides is 1. The molecule has 0 aliphatic carbocycles. The molecule has 2 aliphatic heterocycles. The molecule has 10 heteroatoms. The summed E-state index contributed by atoms with van der Waals surface area (Å²) >= 11 is 7.45. The molecule has 7 nitrogen and oxygen atoms in total. The Morgan fingerprint density at radius 3 is 2.58 bits per heavy atom. The summed E-state index contributed by atoms with van der Waals surface area (Å²) in [5.41, 5.74) is 2.13. The van der Waals surface area contributed by atoms with Crippen molar-refractivity contribution in [2.75, 3.05) is 31.1 Å². The fourth-order valence-electron chi connectivity index (χ4n) is 4.87. The number of sulfonamides is 1. The SMILES string of the molecule is CCc1ccc2nc(N(CC3CCCO3)C(=O)C3CCN(S(=O)(=O)c4ccc(Cl)cc4)CC3)sc2c1. The van der Waals surface area contributed by atoms with Crippen LogP contribution in [0.1, 0.15) is 38.2 Å². The van der Waals surface area contributed by atoms with Crippen LogP contribution in [0, 0.1) is 5.92 Å². The van der Waals surface area contributed by atoms with Crippen LogP contribution in [0.3, 0.4) is 0 Å². The van der Waals surface area contributed by atoms with Crippen molar-refractivity contribution in [2.45, 2.75) is 50.0 Å².